The lowest BCUT2D eigenvalue weighted by atomic mass is 10.1. The number of nitrogens with two attached hydrogens (primary N) is 1. The van der Waals surface area contributed by atoms with Crippen LogP contribution < -0.4 is 11.1 Å². The highest BCUT2D eigenvalue weighted by molar-refractivity contribution is 6.31. The molecule has 1 aromatic heterocycles. The standard InChI is InChI=1S/C14H12ClN3O3/c1-21-14(20)10-4-2-8(15)6-12(10)18-13(19)11-5-3-9(16)7-17-11/h2-7H,16H2,1H3,(H,18,19). The number of anilines is 2. The second-order valence-electron chi connectivity index (χ2n) is 4.11. The van der Waals surface area contributed by atoms with Gasteiger partial charge < -0.3 is 15.8 Å². The molecule has 2 rings (SSSR count). The number of ether oxygens (including phenoxy) is 1. The number of hydrogen-bond acceptors (Lipinski definition) is 5. The minimum atomic E-state index is -0.577. The summed E-state index contributed by atoms with van der Waals surface area (Å²) in [6, 6.07) is 7.50. The maximum absolute atomic E-state index is 12.1. The first-order valence-electron chi connectivity index (χ1n) is 5.92. The Hall–Kier alpha value is -2.60. The Bertz CT molecular complexity index is 686. The van der Waals surface area contributed by atoms with E-state index in [0.717, 1.165) is 0 Å². The Kier molecular flexibility index (Phi) is 4.39. The number of methoxy groups -OCH3 is 1. The zero-order valence-corrected chi connectivity index (χ0v) is 11.8. The summed E-state index contributed by atoms with van der Waals surface area (Å²) in [5.74, 6) is -1.06. The highest BCUT2D eigenvalue weighted by atomic mass is 35.5. The molecule has 0 aliphatic carbocycles. The van der Waals surface area contributed by atoms with Crippen LogP contribution in [-0.4, -0.2) is 24.0 Å². The van der Waals surface area contributed by atoms with E-state index in [-0.39, 0.29) is 16.9 Å². The van der Waals surface area contributed by atoms with Crippen LogP contribution in [0.25, 0.3) is 0 Å². The summed E-state index contributed by atoms with van der Waals surface area (Å²) in [7, 11) is 1.25. The third-order valence-electron chi connectivity index (χ3n) is 2.65. The molecule has 21 heavy (non-hydrogen) atoms. The second-order valence-corrected chi connectivity index (χ2v) is 4.55. The minimum absolute atomic E-state index is 0.167. The number of carbonyl (C=O) groups excluding carboxylic acids is 2. The lowest BCUT2D eigenvalue weighted by molar-refractivity contribution is 0.0602. The third-order valence-corrected chi connectivity index (χ3v) is 2.89. The molecule has 0 atom stereocenters. The smallest absolute Gasteiger partial charge is 0.339 e. The number of nitrogens with zero attached hydrogens (tertiary/aromatic N) is 1. The van der Waals surface area contributed by atoms with Gasteiger partial charge in [-0.1, -0.05) is 11.6 Å². The fourth-order valence-electron chi connectivity index (χ4n) is 1.63. The van der Waals surface area contributed by atoms with E-state index in [1.54, 1.807) is 6.07 Å². The Labute approximate surface area is 125 Å². The van der Waals surface area contributed by atoms with Gasteiger partial charge in [0, 0.05) is 5.02 Å². The predicted molar refractivity (Wildman–Crippen MR) is 79.4 cm³/mol. The average molecular weight is 306 g/mol. The molecule has 2 aromatic rings. The lowest BCUT2D eigenvalue weighted by Gasteiger charge is -2.10. The van der Waals surface area contributed by atoms with Gasteiger partial charge in [0.2, 0.25) is 0 Å². The largest absolute Gasteiger partial charge is 0.465 e. The van der Waals surface area contributed by atoms with Gasteiger partial charge in [-0.2, -0.15) is 0 Å². The molecule has 1 aromatic carbocycles. The predicted octanol–water partition coefficient (Wildman–Crippen LogP) is 2.36. The van der Waals surface area contributed by atoms with Gasteiger partial charge >= 0.3 is 5.97 Å². The van der Waals surface area contributed by atoms with Crippen LogP contribution in [0.15, 0.2) is 36.5 Å². The zero-order valence-electron chi connectivity index (χ0n) is 11.1. The van der Waals surface area contributed by atoms with Gasteiger partial charge in [-0.25, -0.2) is 9.78 Å². The van der Waals surface area contributed by atoms with Gasteiger partial charge in [-0.15, -0.1) is 0 Å². The molecule has 108 valence electrons. The van der Waals surface area contributed by atoms with Crippen molar-refractivity contribution >= 4 is 34.9 Å². The Morgan fingerprint density at radius 3 is 2.67 bits per heavy atom. The lowest BCUT2D eigenvalue weighted by Crippen LogP contribution is -2.16. The van der Waals surface area contributed by atoms with Crippen LogP contribution in [0, 0.1) is 0 Å². The van der Waals surface area contributed by atoms with Crippen molar-refractivity contribution < 1.29 is 14.3 Å². The molecule has 0 aliphatic rings. The summed E-state index contributed by atoms with van der Waals surface area (Å²) in [4.78, 5) is 27.7. The summed E-state index contributed by atoms with van der Waals surface area (Å²) >= 11 is 5.88. The number of halogens is 1. The Morgan fingerprint density at radius 2 is 2.05 bits per heavy atom. The number of rotatable bonds is 3. The van der Waals surface area contributed by atoms with E-state index in [2.05, 4.69) is 15.0 Å². The summed E-state index contributed by atoms with van der Waals surface area (Å²) < 4.78 is 4.65. The van der Waals surface area contributed by atoms with Crippen molar-refractivity contribution in [3.05, 3.63) is 52.8 Å². The van der Waals surface area contributed by atoms with Crippen LogP contribution in [-0.2, 0) is 4.74 Å². The number of nitrogen functional groups attached to an aromatic ring is 1. The molecule has 0 radical (unpaired) electrons. The summed E-state index contributed by atoms with van der Waals surface area (Å²) in [5, 5.41) is 2.95. The fraction of sp³-hybridized carbons (Fsp3) is 0.0714. The molecule has 1 heterocycles. The van der Waals surface area contributed by atoms with Crippen molar-refractivity contribution in [3.63, 3.8) is 0 Å². The SMILES string of the molecule is COC(=O)c1ccc(Cl)cc1NC(=O)c1ccc(N)cn1. The molecule has 0 unspecified atom stereocenters. The normalized spacial score (nSPS) is 10.0. The maximum Gasteiger partial charge on any atom is 0.339 e. The summed E-state index contributed by atoms with van der Waals surface area (Å²) in [5.41, 5.74) is 6.57. The number of esters is 1. The molecule has 0 saturated heterocycles. The molecular formula is C14H12ClN3O3. The third kappa shape index (κ3) is 3.49. The van der Waals surface area contributed by atoms with Crippen LogP contribution in [0.2, 0.25) is 5.02 Å². The molecule has 0 fully saturated rings. The van der Waals surface area contributed by atoms with Crippen molar-refractivity contribution in [2.45, 2.75) is 0 Å². The van der Waals surface area contributed by atoms with Crippen molar-refractivity contribution in [3.8, 4) is 0 Å². The first-order chi connectivity index (χ1) is 10.0. The topological polar surface area (TPSA) is 94.3 Å². The number of carbonyl (C=O) groups is 2. The molecule has 0 spiro atoms. The van der Waals surface area contributed by atoms with E-state index < -0.39 is 11.9 Å². The Balaban J connectivity index is 2.30. The van der Waals surface area contributed by atoms with Crippen LogP contribution in [0.5, 0.6) is 0 Å². The molecule has 7 heteroatoms. The van der Waals surface area contributed by atoms with E-state index in [1.807, 2.05) is 0 Å². The van der Waals surface area contributed by atoms with Gasteiger partial charge in [0.25, 0.3) is 5.91 Å². The van der Waals surface area contributed by atoms with Gasteiger partial charge in [0.1, 0.15) is 5.69 Å². The quantitative estimate of drug-likeness (QED) is 0.849. The summed E-state index contributed by atoms with van der Waals surface area (Å²) in [6.07, 6.45) is 1.37. The van der Waals surface area contributed by atoms with Crippen LogP contribution in [0.4, 0.5) is 11.4 Å². The maximum atomic E-state index is 12.1. The van der Waals surface area contributed by atoms with Gasteiger partial charge in [-0.3, -0.25) is 4.79 Å². The molecule has 6 nitrogen and oxygen atoms in total. The van der Waals surface area contributed by atoms with Crippen LogP contribution in [0.3, 0.4) is 0 Å². The number of aromatic nitrogens is 1. The number of nitrogens with one attached hydrogen (secondary N) is 1. The first kappa shape index (κ1) is 14.8. The molecule has 0 bridgehead atoms. The zero-order chi connectivity index (χ0) is 15.4. The highest BCUT2D eigenvalue weighted by Gasteiger charge is 2.15. The molecule has 3 N–H and O–H groups in total. The van der Waals surface area contributed by atoms with Crippen molar-refractivity contribution in [2.75, 3.05) is 18.2 Å². The van der Waals surface area contributed by atoms with E-state index in [4.69, 9.17) is 17.3 Å². The van der Waals surface area contributed by atoms with Gasteiger partial charge in [-0.05, 0) is 30.3 Å². The molecular weight excluding hydrogens is 294 g/mol. The second kappa shape index (κ2) is 6.23. The molecule has 1 amide bonds. The van der Waals surface area contributed by atoms with Crippen LogP contribution in [0.1, 0.15) is 20.8 Å². The highest BCUT2D eigenvalue weighted by Crippen LogP contribution is 2.22. The monoisotopic (exact) mass is 305 g/mol. The number of amides is 1. The molecule has 0 aliphatic heterocycles. The van der Waals surface area contributed by atoms with E-state index in [9.17, 15) is 9.59 Å². The minimum Gasteiger partial charge on any atom is -0.465 e. The van der Waals surface area contributed by atoms with Crippen molar-refractivity contribution in [1.29, 1.82) is 0 Å². The Morgan fingerprint density at radius 1 is 1.29 bits per heavy atom. The van der Waals surface area contributed by atoms with Crippen LogP contribution >= 0.6 is 11.6 Å². The number of benzene rings is 1. The van der Waals surface area contributed by atoms with Gasteiger partial charge in [0.05, 0.1) is 30.2 Å². The van der Waals surface area contributed by atoms with E-state index >= 15 is 0 Å². The van der Waals surface area contributed by atoms with E-state index in [1.165, 1.54) is 37.6 Å². The summed E-state index contributed by atoms with van der Waals surface area (Å²) in [6.45, 7) is 0. The van der Waals surface area contributed by atoms with Crippen molar-refractivity contribution in [2.24, 2.45) is 0 Å². The number of hydrogen-bond donors (Lipinski definition) is 2. The van der Waals surface area contributed by atoms with Gasteiger partial charge in [0.15, 0.2) is 0 Å². The molecule has 0 saturated carbocycles. The van der Waals surface area contributed by atoms with E-state index in [0.29, 0.717) is 10.7 Å². The van der Waals surface area contributed by atoms with Crippen molar-refractivity contribution in [1.82, 2.24) is 4.98 Å². The first-order valence-corrected chi connectivity index (χ1v) is 6.30. The average Bonchev–Trinajstić information content (AvgIpc) is 2.47. The fourth-order valence-corrected chi connectivity index (χ4v) is 1.81. The number of pyridine rings is 1.